The fourth-order valence-electron chi connectivity index (χ4n) is 3.67. The summed E-state index contributed by atoms with van der Waals surface area (Å²) in [7, 11) is 0. The minimum Gasteiger partial charge on any atom is -0.370 e. The maximum absolute atomic E-state index is 13.2. The first-order valence-electron chi connectivity index (χ1n) is 10.6. The Morgan fingerprint density at radius 1 is 1.10 bits per heavy atom. The molecule has 2 aromatic carbocycles. The number of carbonyl (C=O) groups excluding carboxylic acids is 1. The lowest BCUT2D eigenvalue weighted by Crippen LogP contribution is -3.14. The number of benzene rings is 2. The molecule has 162 valence electrons. The van der Waals surface area contributed by atoms with E-state index in [0.717, 1.165) is 45.0 Å². The summed E-state index contributed by atoms with van der Waals surface area (Å²) < 4.78 is 6.96. The van der Waals surface area contributed by atoms with Crippen molar-refractivity contribution in [2.75, 3.05) is 45.1 Å². The van der Waals surface area contributed by atoms with Crippen LogP contribution < -0.4 is 15.8 Å². The monoisotopic (exact) mass is 439 g/mol. The number of ether oxygens (including phenoxy) is 1. The Kier molecular flexibility index (Phi) is 7.35. The van der Waals surface area contributed by atoms with Crippen LogP contribution in [0.25, 0.3) is 16.6 Å². The van der Waals surface area contributed by atoms with Crippen molar-refractivity contribution in [3.8, 4) is 5.69 Å². The number of quaternary nitrogens is 1. The molecule has 8 heteroatoms. The van der Waals surface area contributed by atoms with E-state index in [1.54, 1.807) is 10.6 Å². The highest BCUT2D eigenvalue weighted by molar-refractivity contribution is 7.99. The van der Waals surface area contributed by atoms with Gasteiger partial charge in [-0.05, 0) is 24.3 Å². The quantitative estimate of drug-likeness (QED) is 0.310. The molecule has 0 atom stereocenters. The molecule has 0 saturated carbocycles. The zero-order valence-electron chi connectivity index (χ0n) is 17.4. The van der Waals surface area contributed by atoms with Crippen LogP contribution in [0.2, 0.25) is 0 Å². The van der Waals surface area contributed by atoms with Gasteiger partial charge in [-0.1, -0.05) is 42.1 Å². The van der Waals surface area contributed by atoms with Gasteiger partial charge in [-0.15, -0.1) is 0 Å². The molecule has 4 rings (SSSR count). The third kappa shape index (κ3) is 5.52. The third-order valence-electron chi connectivity index (χ3n) is 5.32. The number of thioether (sulfide) groups is 1. The molecule has 0 spiro atoms. The van der Waals surface area contributed by atoms with Gasteiger partial charge in [-0.3, -0.25) is 14.2 Å². The highest BCUT2D eigenvalue weighted by atomic mass is 32.2. The Morgan fingerprint density at radius 3 is 2.65 bits per heavy atom. The largest absolute Gasteiger partial charge is 0.370 e. The number of fused-ring (bicyclic) bond motifs is 1. The van der Waals surface area contributed by atoms with Gasteiger partial charge in [-0.25, -0.2) is 4.98 Å². The predicted octanol–water partition coefficient (Wildman–Crippen LogP) is 0.899. The van der Waals surface area contributed by atoms with E-state index < -0.39 is 0 Å². The normalized spacial score (nSPS) is 14.6. The SMILES string of the molecule is O=C(CSc1nc2ccccc2c(=O)n1-c1ccccc1)NCCC[NH+]1CCOCC1. The smallest absolute Gasteiger partial charge is 0.266 e. The summed E-state index contributed by atoms with van der Waals surface area (Å²) in [4.78, 5) is 31.7. The van der Waals surface area contributed by atoms with E-state index in [2.05, 4.69) is 10.3 Å². The summed E-state index contributed by atoms with van der Waals surface area (Å²) in [6.07, 6.45) is 0.939. The first kappa shape index (κ1) is 21.5. The lowest BCUT2D eigenvalue weighted by atomic mass is 10.2. The van der Waals surface area contributed by atoms with Crippen LogP contribution in [0.5, 0.6) is 0 Å². The Balaban J connectivity index is 1.41. The molecule has 3 aromatic rings. The molecule has 0 unspecified atom stereocenters. The van der Waals surface area contributed by atoms with Crippen molar-refractivity contribution in [3.05, 3.63) is 65.0 Å². The molecule has 1 aliphatic rings. The number of aromatic nitrogens is 2. The second-order valence-electron chi connectivity index (χ2n) is 7.49. The molecule has 1 aliphatic heterocycles. The molecule has 0 bridgehead atoms. The van der Waals surface area contributed by atoms with Crippen LogP contribution in [0.1, 0.15) is 6.42 Å². The molecular formula is C23H27N4O3S+. The summed E-state index contributed by atoms with van der Waals surface area (Å²) >= 11 is 1.28. The number of morpholine rings is 1. The molecule has 1 fully saturated rings. The van der Waals surface area contributed by atoms with Crippen molar-refractivity contribution in [1.29, 1.82) is 0 Å². The van der Waals surface area contributed by atoms with E-state index in [-0.39, 0.29) is 17.2 Å². The number of hydrogen-bond donors (Lipinski definition) is 2. The molecule has 1 amide bonds. The molecule has 7 nitrogen and oxygen atoms in total. The lowest BCUT2D eigenvalue weighted by Gasteiger charge is -2.23. The third-order valence-corrected chi connectivity index (χ3v) is 6.26. The van der Waals surface area contributed by atoms with Gasteiger partial charge in [0.25, 0.3) is 5.56 Å². The fraction of sp³-hybridized carbons (Fsp3) is 0.348. The first-order chi connectivity index (χ1) is 15.2. The topological polar surface area (TPSA) is 77.7 Å². The number of rotatable bonds is 8. The van der Waals surface area contributed by atoms with Crippen molar-refractivity contribution in [2.45, 2.75) is 11.6 Å². The van der Waals surface area contributed by atoms with E-state index in [0.29, 0.717) is 22.6 Å². The molecule has 1 saturated heterocycles. The minimum absolute atomic E-state index is 0.0519. The van der Waals surface area contributed by atoms with Crippen LogP contribution in [0.3, 0.4) is 0 Å². The van der Waals surface area contributed by atoms with Crippen LogP contribution in [0.15, 0.2) is 64.5 Å². The summed E-state index contributed by atoms with van der Waals surface area (Å²) in [5, 5.41) is 4.06. The summed E-state index contributed by atoms with van der Waals surface area (Å²) in [6, 6.07) is 16.7. The standard InChI is InChI=1S/C23H26N4O3S/c28-21(24-11-6-12-26-13-15-30-16-14-26)17-31-23-25-20-10-5-4-9-19(20)22(29)27(23)18-7-2-1-3-8-18/h1-5,7-10H,6,11-17H2,(H,24,28)/p+1. The molecular weight excluding hydrogens is 412 g/mol. The number of nitrogens with zero attached hydrogens (tertiary/aromatic N) is 2. The van der Waals surface area contributed by atoms with Crippen molar-refractivity contribution in [3.63, 3.8) is 0 Å². The van der Waals surface area contributed by atoms with Gasteiger partial charge in [0.2, 0.25) is 5.91 Å². The Morgan fingerprint density at radius 2 is 1.84 bits per heavy atom. The van der Waals surface area contributed by atoms with Gasteiger partial charge in [0.05, 0.1) is 42.1 Å². The van der Waals surface area contributed by atoms with E-state index in [1.807, 2.05) is 48.5 Å². The Bertz CT molecular complexity index is 1080. The number of nitrogens with one attached hydrogen (secondary N) is 2. The average molecular weight is 440 g/mol. The van der Waals surface area contributed by atoms with E-state index in [9.17, 15) is 9.59 Å². The van der Waals surface area contributed by atoms with Crippen LogP contribution >= 0.6 is 11.8 Å². The Hall–Kier alpha value is -2.68. The van der Waals surface area contributed by atoms with Crippen molar-refractivity contribution in [2.24, 2.45) is 0 Å². The molecule has 1 aromatic heterocycles. The number of para-hydroxylation sites is 2. The Labute approximate surface area is 185 Å². The molecule has 2 heterocycles. The zero-order valence-corrected chi connectivity index (χ0v) is 18.2. The van der Waals surface area contributed by atoms with Crippen LogP contribution in [-0.2, 0) is 9.53 Å². The number of amides is 1. The predicted molar refractivity (Wildman–Crippen MR) is 122 cm³/mol. The molecule has 31 heavy (non-hydrogen) atoms. The summed E-state index contributed by atoms with van der Waals surface area (Å²) in [6.45, 7) is 5.40. The summed E-state index contributed by atoms with van der Waals surface area (Å²) in [5.74, 6) is 0.158. The van der Waals surface area contributed by atoms with Crippen molar-refractivity contribution in [1.82, 2.24) is 14.9 Å². The highest BCUT2D eigenvalue weighted by Crippen LogP contribution is 2.21. The average Bonchev–Trinajstić information content (AvgIpc) is 2.82. The number of carbonyl (C=O) groups is 1. The second kappa shape index (κ2) is 10.6. The van der Waals surface area contributed by atoms with E-state index >= 15 is 0 Å². The van der Waals surface area contributed by atoms with E-state index in [1.165, 1.54) is 16.7 Å². The lowest BCUT2D eigenvalue weighted by molar-refractivity contribution is -0.908. The van der Waals surface area contributed by atoms with Gasteiger partial charge in [0.15, 0.2) is 5.16 Å². The second-order valence-corrected chi connectivity index (χ2v) is 8.43. The number of hydrogen-bond acceptors (Lipinski definition) is 5. The molecule has 0 radical (unpaired) electrons. The van der Waals surface area contributed by atoms with Gasteiger partial charge in [0.1, 0.15) is 13.1 Å². The maximum Gasteiger partial charge on any atom is 0.266 e. The fourth-order valence-corrected chi connectivity index (χ4v) is 4.51. The summed E-state index contributed by atoms with van der Waals surface area (Å²) in [5.41, 5.74) is 1.24. The minimum atomic E-state index is -0.131. The van der Waals surface area contributed by atoms with E-state index in [4.69, 9.17) is 4.74 Å². The van der Waals surface area contributed by atoms with Crippen LogP contribution in [0.4, 0.5) is 0 Å². The van der Waals surface area contributed by atoms with Gasteiger partial charge >= 0.3 is 0 Å². The van der Waals surface area contributed by atoms with Crippen molar-refractivity contribution < 1.29 is 14.4 Å². The van der Waals surface area contributed by atoms with Gasteiger partial charge in [0, 0.05) is 13.0 Å². The molecule has 2 N–H and O–H groups in total. The maximum atomic E-state index is 13.2. The molecule has 0 aliphatic carbocycles. The first-order valence-corrected chi connectivity index (χ1v) is 11.6. The zero-order chi connectivity index (χ0) is 21.5. The highest BCUT2D eigenvalue weighted by Gasteiger charge is 2.15. The van der Waals surface area contributed by atoms with Crippen molar-refractivity contribution >= 4 is 28.6 Å². The van der Waals surface area contributed by atoms with Crippen LogP contribution in [0, 0.1) is 0 Å². The van der Waals surface area contributed by atoms with Crippen LogP contribution in [-0.4, -0.2) is 60.6 Å². The van der Waals surface area contributed by atoms with Gasteiger partial charge < -0.3 is 15.0 Å². The van der Waals surface area contributed by atoms with Gasteiger partial charge in [-0.2, -0.15) is 0 Å².